The van der Waals surface area contributed by atoms with Crippen molar-refractivity contribution in [2.75, 3.05) is 19.7 Å². The van der Waals surface area contributed by atoms with Crippen molar-refractivity contribution in [2.24, 2.45) is 0 Å². The minimum atomic E-state index is 0.470. The smallest absolute Gasteiger partial charge is 0.0833 e. The van der Waals surface area contributed by atoms with Gasteiger partial charge in [-0.3, -0.25) is 4.90 Å². The van der Waals surface area contributed by atoms with Gasteiger partial charge in [0.2, 0.25) is 0 Å². The van der Waals surface area contributed by atoms with Gasteiger partial charge in [-0.1, -0.05) is 11.6 Å². The highest BCUT2D eigenvalue weighted by atomic mass is 16.5. The van der Waals surface area contributed by atoms with Gasteiger partial charge in [0.15, 0.2) is 0 Å². The Bertz CT molecular complexity index is 177. The quantitative estimate of drug-likeness (QED) is 0.619. The van der Waals surface area contributed by atoms with Crippen molar-refractivity contribution in [3.63, 3.8) is 0 Å². The number of ether oxygens (including phenoxy) is 1. The summed E-state index contributed by atoms with van der Waals surface area (Å²) >= 11 is 0. The third kappa shape index (κ3) is 3.49. The molecule has 2 heteroatoms. The lowest BCUT2D eigenvalue weighted by atomic mass is 10.1. The van der Waals surface area contributed by atoms with E-state index in [-0.39, 0.29) is 0 Å². The highest BCUT2D eigenvalue weighted by Gasteiger charge is 2.28. The monoisotopic (exact) mass is 183 g/mol. The third-order valence-electron chi connectivity index (χ3n) is 2.43. The van der Waals surface area contributed by atoms with Gasteiger partial charge in [-0.15, -0.1) is 0 Å². The van der Waals surface area contributed by atoms with Crippen molar-refractivity contribution in [1.29, 1.82) is 0 Å². The summed E-state index contributed by atoms with van der Waals surface area (Å²) in [6.45, 7) is 11.6. The van der Waals surface area contributed by atoms with Crippen LogP contribution in [0.3, 0.4) is 0 Å². The van der Waals surface area contributed by atoms with Gasteiger partial charge in [-0.05, 0) is 27.7 Å². The number of hydrogen-bond donors (Lipinski definition) is 0. The molecular formula is C11H21NO. The predicted octanol–water partition coefficient (Wildman–Crippen LogP) is 2.06. The molecule has 0 radical (unpaired) electrons. The molecule has 1 aliphatic rings. The predicted molar refractivity (Wildman–Crippen MR) is 55.9 cm³/mol. The molecule has 0 N–H and O–H groups in total. The summed E-state index contributed by atoms with van der Waals surface area (Å²) in [4.78, 5) is 2.42. The zero-order valence-electron chi connectivity index (χ0n) is 9.21. The van der Waals surface area contributed by atoms with Gasteiger partial charge >= 0.3 is 0 Å². The molecule has 0 saturated carbocycles. The number of likely N-dealkylation sites (tertiary alicyclic amines) is 1. The van der Waals surface area contributed by atoms with Crippen LogP contribution in [-0.2, 0) is 4.74 Å². The lowest BCUT2D eigenvalue weighted by Gasteiger charge is -2.41. The first-order chi connectivity index (χ1) is 6.09. The van der Waals surface area contributed by atoms with Gasteiger partial charge in [-0.2, -0.15) is 0 Å². The minimum Gasteiger partial charge on any atom is -0.371 e. The van der Waals surface area contributed by atoms with Gasteiger partial charge in [0, 0.05) is 19.1 Å². The average molecular weight is 183 g/mol. The fraction of sp³-hybridized carbons (Fsp3) is 0.818. The fourth-order valence-corrected chi connectivity index (χ4v) is 1.35. The lowest BCUT2D eigenvalue weighted by Crippen LogP contribution is -2.54. The van der Waals surface area contributed by atoms with Gasteiger partial charge in [0.05, 0.1) is 12.7 Å². The SMILES string of the molecule is CC(C)=CCOC1CN(C(C)C)C1. The third-order valence-corrected chi connectivity index (χ3v) is 2.43. The van der Waals surface area contributed by atoms with Crippen LogP contribution in [0.4, 0.5) is 0 Å². The van der Waals surface area contributed by atoms with Gasteiger partial charge in [0.1, 0.15) is 0 Å². The maximum atomic E-state index is 5.65. The maximum absolute atomic E-state index is 5.65. The molecule has 1 rings (SSSR count). The molecule has 1 aliphatic heterocycles. The number of rotatable bonds is 4. The normalized spacial score (nSPS) is 18.8. The highest BCUT2D eigenvalue weighted by molar-refractivity contribution is 4.93. The zero-order chi connectivity index (χ0) is 9.84. The Balaban J connectivity index is 2.05. The molecule has 0 aromatic heterocycles. The Hall–Kier alpha value is -0.340. The van der Waals surface area contributed by atoms with E-state index in [9.17, 15) is 0 Å². The van der Waals surface area contributed by atoms with E-state index in [1.54, 1.807) is 0 Å². The van der Waals surface area contributed by atoms with E-state index in [1.165, 1.54) is 5.57 Å². The second kappa shape index (κ2) is 4.77. The van der Waals surface area contributed by atoms with Gasteiger partial charge in [-0.25, -0.2) is 0 Å². The van der Waals surface area contributed by atoms with E-state index in [2.05, 4.69) is 38.7 Å². The highest BCUT2D eigenvalue weighted by Crippen LogP contribution is 2.14. The van der Waals surface area contributed by atoms with Crippen molar-refractivity contribution in [3.8, 4) is 0 Å². The molecule has 0 unspecified atom stereocenters. The van der Waals surface area contributed by atoms with Crippen molar-refractivity contribution in [2.45, 2.75) is 39.8 Å². The first kappa shape index (κ1) is 10.7. The Morgan fingerprint density at radius 2 is 2.08 bits per heavy atom. The minimum absolute atomic E-state index is 0.470. The number of hydrogen-bond acceptors (Lipinski definition) is 2. The molecule has 0 atom stereocenters. The second-order valence-electron chi connectivity index (χ2n) is 4.28. The molecular weight excluding hydrogens is 162 g/mol. The molecule has 0 bridgehead atoms. The van der Waals surface area contributed by atoms with Crippen LogP contribution in [0.2, 0.25) is 0 Å². The molecule has 0 aliphatic carbocycles. The first-order valence-corrected chi connectivity index (χ1v) is 5.08. The van der Waals surface area contributed by atoms with Crippen LogP contribution in [-0.4, -0.2) is 36.7 Å². The first-order valence-electron chi connectivity index (χ1n) is 5.08. The van der Waals surface area contributed by atoms with Crippen LogP contribution in [0.15, 0.2) is 11.6 Å². The maximum Gasteiger partial charge on any atom is 0.0833 e. The Kier molecular flexibility index (Phi) is 3.94. The number of nitrogens with zero attached hydrogens (tertiary/aromatic N) is 1. The van der Waals surface area contributed by atoms with Crippen LogP contribution >= 0.6 is 0 Å². The molecule has 2 nitrogen and oxygen atoms in total. The van der Waals surface area contributed by atoms with Crippen molar-refractivity contribution in [3.05, 3.63) is 11.6 Å². The van der Waals surface area contributed by atoms with Crippen LogP contribution in [0.25, 0.3) is 0 Å². The molecule has 0 aromatic rings. The molecule has 0 spiro atoms. The fourth-order valence-electron chi connectivity index (χ4n) is 1.35. The van der Waals surface area contributed by atoms with E-state index < -0.39 is 0 Å². The summed E-state index contributed by atoms with van der Waals surface area (Å²) in [5, 5.41) is 0. The molecule has 76 valence electrons. The van der Waals surface area contributed by atoms with Crippen LogP contribution in [0.5, 0.6) is 0 Å². The van der Waals surface area contributed by atoms with E-state index in [0.717, 1.165) is 19.7 Å². The molecule has 1 heterocycles. The average Bonchev–Trinajstić information content (AvgIpc) is 1.92. The van der Waals surface area contributed by atoms with E-state index in [4.69, 9.17) is 4.74 Å². The summed E-state index contributed by atoms with van der Waals surface area (Å²) in [7, 11) is 0. The molecule has 0 aromatic carbocycles. The topological polar surface area (TPSA) is 12.5 Å². The number of allylic oxidation sites excluding steroid dienone is 1. The lowest BCUT2D eigenvalue weighted by molar-refractivity contribution is -0.0569. The van der Waals surface area contributed by atoms with E-state index in [0.29, 0.717) is 12.1 Å². The van der Waals surface area contributed by atoms with Crippen LogP contribution < -0.4 is 0 Å². The van der Waals surface area contributed by atoms with Crippen LogP contribution in [0.1, 0.15) is 27.7 Å². The standard InChI is InChI=1S/C11H21NO/c1-9(2)5-6-13-11-7-12(8-11)10(3)4/h5,10-11H,6-8H2,1-4H3. The van der Waals surface area contributed by atoms with Crippen LogP contribution in [0, 0.1) is 0 Å². The zero-order valence-corrected chi connectivity index (χ0v) is 9.21. The molecule has 13 heavy (non-hydrogen) atoms. The van der Waals surface area contributed by atoms with Crippen molar-refractivity contribution < 1.29 is 4.74 Å². The summed E-state index contributed by atoms with van der Waals surface area (Å²) in [6.07, 6.45) is 2.61. The largest absolute Gasteiger partial charge is 0.371 e. The molecule has 0 amide bonds. The second-order valence-corrected chi connectivity index (χ2v) is 4.28. The van der Waals surface area contributed by atoms with Crippen molar-refractivity contribution in [1.82, 2.24) is 4.90 Å². The summed E-state index contributed by atoms with van der Waals surface area (Å²) in [6, 6.07) is 0.670. The molecule has 1 fully saturated rings. The Labute approximate surface area is 81.6 Å². The van der Waals surface area contributed by atoms with E-state index in [1.807, 2.05) is 0 Å². The summed E-state index contributed by atoms with van der Waals surface area (Å²) in [5.74, 6) is 0. The Morgan fingerprint density at radius 1 is 1.46 bits per heavy atom. The molecule has 1 saturated heterocycles. The van der Waals surface area contributed by atoms with E-state index >= 15 is 0 Å². The summed E-state index contributed by atoms with van der Waals surface area (Å²) in [5.41, 5.74) is 1.33. The van der Waals surface area contributed by atoms with Gasteiger partial charge in [0.25, 0.3) is 0 Å². The van der Waals surface area contributed by atoms with Crippen molar-refractivity contribution >= 4 is 0 Å². The Morgan fingerprint density at radius 3 is 2.54 bits per heavy atom. The summed E-state index contributed by atoms with van der Waals surface area (Å²) < 4.78 is 5.65. The van der Waals surface area contributed by atoms with Gasteiger partial charge < -0.3 is 4.74 Å².